The summed E-state index contributed by atoms with van der Waals surface area (Å²) in [7, 11) is 1.64. The molecule has 5 heteroatoms. The number of fused-ring (bicyclic) bond motifs is 1. The molecule has 22 heavy (non-hydrogen) atoms. The molecule has 3 rings (SSSR count). The summed E-state index contributed by atoms with van der Waals surface area (Å²) in [4.78, 5) is 0. The fourth-order valence-corrected chi connectivity index (χ4v) is 2.34. The zero-order valence-corrected chi connectivity index (χ0v) is 12.3. The van der Waals surface area contributed by atoms with Gasteiger partial charge in [0.05, 0.1) is 18.7 Å². The molecule has 0 aliphatic heterocycles. The summed E-state index contributed by atoms with van der Waals surface area (Å²) >= 11 is 0. The molecule has 0 aliphatic carbocycles. The minimum atomic E-state index is -0.254. The first-order valence-electron chi connectivity index (χ1n) is 7.08. The van der Waals surface area contributed by atoms with E-state index in [1.807, 2.05) is 28.9 Å². The van der Waals surface area contributed by atoms with Gasteiger partial charge in [-0.05, 0) is 30.3 Å². The van der Waals surface area contributed by atoms with Crippen molar-refractivity contribution in [2.24, 2.45) is 0 Å². The van der Waals surface area contributed by atoms with Gasteiger partial charge in [-0.1, -0.05) is 18.2 Å². The summed E-state index contributed by atoms with van der Waals surface area (Å²) in [6.07, 6.45) is 0. The molecule has 0 aliphatic rings. The van der Waals surface area contributed by atoms with Crippen LogP contribution < -0.4 is 0 Å². The van der Waals surface area contributed by atoms with E-state index in [1.54, 1.807) is 19.2 Å². The van der Waals surface area contributed by atoms with Gasteiger partial charge in [0, 0.05) is 18.1 Å². The number of methoxy groups -OCH3 is 1. The summed E-state index contributed by atoms with van der Waals surface area (Å²) in [6, 6.07) is 14.3. The van der Waals surface area contributed by atoms with E-state index < -0.39 is 0 Å². The van der Waals surface area contributed by atoms with Gasteiger partial charge in [0.2, 0.25) is 0 Å². The molecule has 2 aromatic carbocycles. The first-order valence-corrected chi connectivity index (χ1v) is 7.08. The summed E-state index contributed by atoms with van der Waals surface area (Å²) in [6.45, 7) is 1.41. The average molecular weight is 300 g/mol. The molecule has 1 heterocycles. The van der Waals surface area contributed by atoms with E-state index in [2.05, 4.69) is 5.10 Å². The van der Waals surface area contributed by atoms with Gasteiger partial charge in [-0.2, -0.15) is 5.10 Å². The third-order valence-corrected chi connectivity index (χ3v) is 3.42. The molecule has 0 radical (unpaired) electrons. The molecule has 1 aromatic heterocycles. The molecular weight excluding hydrogens is 283 g/mol. The van der Waals surface area contributed by atoms with Gasteiger partial charge in [0.15, 0.2) is 0 Å². The molecule has 0 spiro atoms. The van der Waals surface area contributed by atoms with Crippen LogP contribution in [0.25, 0.3) is 22.2 Å². The van der Waals surface area contributed by atoms with Crippen LogP contribution in [-0.2, 0) is 16.2 Å². The number of halogens is 1. The third kappa shape index (κ3) is 3.00. The van der Waals surface area contributed by atoms with Crippen LogP contribution in [0.4, 0.5) is 4.39 Å². The highest BCUT2D eigenvalue weighted by Crippen LogP contribution is 2.27. The predicted octanol–water partition coefficient (Wildman–Crippen LogP) is 3.46. The van der Waals surface area contributed by atoms with E-state index in [0.717, 1.165) is 22.2 Å². The number of benzene rings is 2. The molecule has 0 N–H and O–H groups in total. The standard InChI is InChI=1S/C17H17FN2O2/c1-21-10-11-22-12-20-16-5-3-2-4-15(16)17(19-20)13-6-8-14(18)9-7-13/h2-9H,10-12H2,1H3. The lowest BCUT2D eigenvalue weighted by Gasteiger charge is -2.04. The lowest BCUT2D eigenvalue weighted by atomic mass is 10.1. The smallest absolute Gasteiger partial charge is 0.140 e. The molecule has 3 aromatic rings. The normalized spacial score (nSPS) is 11.2. The van der Waals surface area contributed by atoms with Crippen molar-refractivity contribution in [1.29, 1.82) is 0 Å². The van der Waals surface area contributed by atoms with Gasteiger partial charge in [-0.15, -0.1) is 0 Å². The highest BCUT2D eigenvalue weighted by molar-refractivity contribution is 5.93. The van der Waals surface area contributed by atoms with Gasteiger partial charge in [-0.25, -0.2) is 9.07 Å². The molecule has 0 unspecified atom stereocenters. The average Bonchev–Trinajstić information content (AvgIpc) is 2.91. The lowest BCUT2D eigenvalue weighted by molar-refractivity contribution is 0.0309. The van der Waals surface area contributed by atoms with E-state index >= 15 is 0 Å². The Kier molecular flexibility index (Phi) is 4.46. The zero-order chi connectivity index (χ0) is 15.4. The predicted molar refractivity (Wildman–Crippen MR) is 83.0 cm³/mol. The quantitative estimate of drug-likeness (QED) is 0.654. The van der Waals surface area contributed by atoms with Gasteiger partial charge >= 0.3 is 0 Å². The number of hydrogen-bond donors (Lipinski definition) is 0. The Morgan fingerprint density at radius 2 is 1.82 bits per heavy atom. The van der Waals surface area contributed by atoms with Crippen molar-refractivity contribution in [3.05, 3.63) is 54.3 Å². The van der Waals surface area contributed by atoms with E-state index in [4.69, 9.17) is 9.47 Å². The third-order valence-electron chi connectivity index (χ3n) is 3.42. The lowest BCUT2D eigenvalue weighted by Crippen LogP contribution is -2.08. The number of nitrogens with zero attached hydrogens (tertiary/aromatic N) is 2. The summed E-state index contributed by atoms with van der Waals surface area (Å²) in [5.74, 6) is -0.254. The fraction of sp³-hybridized carbons (Fsp3) is 0.235. The van der Waals surface area contributed by atoms with Gasteiger partial charge in [-0.3, -0.25) is 0 Å². The zero-order valence-electron chi connectivity index (χ0n) is 12.3. The first-order chi connectivity index (χ1) is 10.8. The van der Waals surface area contributed by atoms with Crippen molar-refractivity contribution in [2.75, 3.05) is 20.3 Å². The highest BCUT2D eigenvalue weighted by atomic mass is 19.1. The fourth-order valence-electron chi connectivity index (χ4n) is 2.34. The maximum atomic E-state index is 13.1. The Hall–Kier alpha value is -2.24. The maximum absolute atomic E-state index is 13.1. The van der Waals surface area contributed by atoms with Crippen LogP contribution in [-0.4, -0.2) is 30.1 Å². The van der Waals surface area contributed by atoms with Crippen LogP contribution in [0.3, 0.4) is 0 Å². The Morgan fingerprint density at radius 1 is 1.05 bits per heavy atom. The molecule has 0 fully saturated rings. The highest BCUT2D eigenvalue weighted by Gasteiger charge is 2.11. The number of ether oxygens (including phenoxy) is 2. The van der Waals surface area contributed by atoms with Crippen molar-refractivity contribution in [3.8, 4) is 11.3 Å². The van der Waals surface area contributed by atoms with Crippen LogP contribution in [0.15, 0.2) is 48.5 Å². The van der Waals surface area contributed by atoms with Crippen molar-refractivity contribution in [3.63, 3.8) is 0 Å². The van der Waals surface area contributed by atoms with Gasteiger partial charge < -0.3 is 9.47 Å². The van der Waals surface area contributed by atoms with Crippen LogP contribution in [0, 0.1) is 5.82 Å². The molecule has 0 atom stereocenters. The summed E-state index contributed by atoms with van der Waals surface area (Å²) in [5.41, 5.74) is 2.69. The number of rotatable bonds is 6. The van der Waals surface area contributed by atoms with Crippen LogP contribution >= 0.6 is 0 Å². The number of para-hydroxylation sites is 1. The molecule has 0 amide bonds. The topological polar surface area (TPSA) is 36.3 Å². The minimum Gasteiger partial charge on any atom is -0.382 e. The summed E-state index contributed by atoms with van der Waals surface area (Å²) in [5, 5.41) is 5.63. The van der Waals surface area contributed by atoms with Crippen molar-refractivity contribution >= 4 is 10.9 Å². The van der Waals surface area contributed by atoms with Crippen molar-refractivity contribution in [1.82, 2.24) is 9.78 Å². The van der Waals surface area contributed by atoms with Crippen molar-refractivity contribution < 1.29 is 13.9 Å². The van der Waals surface area contributed by atoms with Crippen LogP contribution in [0.5, 0.6) is 0 Å². The maximum Gasteiger partial charge on any atom is 0.140 e. The first kappa shape index (κ1) is 14.7. The molecule has 0 bridgehead atoms. The Labute approximate surface area is 128 Å². The van der Waals surface area contributed by atoms with E-state index in [9.17, 15) is 4.39 Å². The van der Waals surface area contributed by atoms with Gasteiger partial charge in [0.1, 0.15) is 18.2 Å². The van der Waals surface area contributed by atoms with E-state index in [0.29, 0.717) is 19.9 Å². The van der Waals surface area contributed by atoms with E-state index in [1.165, 1.54) is 12.1 Å². The Morgan fingerprint density at radius 3 is 2.59 bits per heavy atom. The second kappa shape index (κ2) is 6.68. The van der Waals surface area contributed by atoms with Crippen LogP contribution in [0.2, 0.25) is 0 Å². The van der Waals surface area contributed by atoms with Gasteiger partial charge in [0.25, 0.3) is 0 Å². The second-order valence-corrected chi connectivity index (χ2v) is 4.90. The SMILES string of the molecule is COCCOCn1nc(-c2ccc(F)cc2)c2ccccc21. The molecule has 4 nitrogen and oxygen atoms in total. The Balaban J connectivity index is 1.95. The molecular formula is C17H17FN2O2. The molecule has 0 saturated carbocycles. The second-order valence-electron chi connectivity index (χ2n) is 4.90. The number of aromatic nitrogens is 2. The molecule has 114 valence electrons. The van der Waals surface area contributed by atoms with E-state index in [-0.39, 0.29) is 5.82 Å². The summed E-state index contributed by atoms with van der Waals surface area (Å²) < 4.78 is 25.4. The van der Waals surface area contributed by atoms with Crippen LogP contribution in [0.1, 0.15) is 0 Å². The number of hydrogen-bond acceptors (Lipinski definition) is 3. The Bertz CT molecular complexity index is 753. The monoisotopic (exact) mass is 300 g/mol. The minimum absolute atomic E-state index is 0.254. The molecule has 0 saturated heterocycles. The largest absolute Gasteiger partial charge is 0.382 e. The van der Waals surface area contributed by atoms with Crippen molar-refractivity contribution in [2.45, 2.75) is 6.73 Å².